The molecule has 2 aromatic heterocycles. The first-order chi connectivity index (χ1) is 9.83. The van der Waals surface area contributed by atoms with Crippen molar-refractivity contribution in [1.29, 1.82) is 0 Å². The minimum absolute atomic E-state index is 0.230. The Balaban J connectivity index is 2.07. The second kappa shape index (κ2) is 5.22. The van der Waals surface area contributed by atoms with Crippen LogP contribution in [0.5, 0.6) is 0 Å². The fourth-order valence-electron chi connectivity index (χ4n) is 1.65. The van der Waals surface area contributed by atoms with E-state index in [-0.39, 0.29) is 17.3 Å². The van der Waals surface area contributed by atoms with E-state index in [4.69, 9.17) is 8.83 Å². The molecule has 1 aliphatic heterocycles. The van der Waals surface area contributed by atoms with E-state index in [9.17, 15) is 4.79 Å². The average molecular weight is 260 g/mol. The van der Waals surface area contributed by atoms with Gasteiger partial charge in [-0.05, 0) is 60.4 Å². The third kappa shape index (κ3) is 2.48. The number of furan rings is 2. The van der Waals surface area contributed by atoms with Crippen molar-refractivity contribution < 1.29 is 13.6 Å². The van der Waals surface area contributed by atoms with E-state index in [0.29, 0.717) is 11.5 Å². The Bertz CT molecular complexity index is 766. The molecule has 0 spiro atoms. The zero-order valence-corrected chi connectivity index (χ0v) is 10.3. The molecule has 0 atom stereocenters. The summed E-state index contributed by atoms with van der Waals surface area (Å²) in [5, 5.41) is 0. The highest BCUT2D eigenvalue weighted by Crippen LogP contribution is 2.17. The summed E-state index contributed by atoms with van der Waals surface area (Å²) >= 11 is 0. The van der Waals surface area contributed by atoms with Crippen LogP contribution in [0, 0.1) is 23.7 Å². The van der Waals surface area contributed by atoms with E-state index in [1.165, 1.54) is 0 Å². The molecule has 3 nitrogen and oxygen atoms in total. The second-order valence-electron chi connectivity index (χ2n) is 3.94. The van der Waals surface area contributed by atoms with Crippen LogP contribution in [-0.2, 0) is 0 Å². The van der Waals surface area contributed by atoms with Crippen LogP contribution in [-0.4, -0.2) is 5.78 Å². The highest BCUT2D eigenvalue weighted by Gasteiger charge is 2.16. The van der Waals surface area contributed by atoms with Gasteiger partial charge in [-0.25, -0.2) is 0 Å². The van der Waals surface area contributed by atoms with Crippen molar-refractivity contribution in [2.45, 2.75) is 0 Å². The van der Waals surface area contributed by atoms with Crippen molar-refractivity contribution in [3.63, 3.8) is 0 Å². The first-order valence-electron chi connectivity index (χ1n) is 5.91. The van der Waals surface area contributed by atoms with Gasteiger partial charge in [-0.1, -0.05) is 11.8 Å². The molecule has 0 N–H and O–H groups in total. The normalized spacial score (nSPS) is 15.9. The second-order valence-corrected chi connectivity index (χ2v) is 3.94. The number of ketones is 1. The minimum Gasteiger partial charge on any atom is -0.453 e. The maximum Gasteiger partial charge on any atom is 0.263 e. The average Bonchev–Trinajstić information content (AvgIpc) is 3.09. The molecule has 2 aromatic rings. The maximum atomic E-state index is 12.1. The molecule has 20 heavy (non-hydrogen) atoms. The molecular weight excluding hydrogens is 252 g/mol. The topological polar surface area (TPSA) is 43.4 Å². The summed E-state index contributed by atoms with van der Waals surface area (Å²) in [7, 11) is 0. The smallest absolute Gasteiger partial charge is 0.263 e. The molecule has 0 saturated carbocycles. The standard InChI is InChI=1S/C17H8O3/c18-17-15-11-9-13(19-15)7-5-3-1-2-4-6-8-14-10-12-16(17)20-14/h5-12H/b7-5+,8-6+. The van der Waals surface area contributed by atoms with Crippen molar-refractivity contribution in [1.82, 2.24) is 0 Å². The van der Waals surface area contributed by atoms with Gasteiger partial charge in [0.2, 0.25) is 0 Å². The predicted octanol–water partition coefficient (Wildman–Crippen LogP) is 3.15. The van der Waals surface area contributed by atoms with Crippen LogP contribution in [0.3, 0.4) is 0 Å². The molecular formula is C17H8O3. The zero-order valence-electron chi connectivity index (χ0n) is 10.3. The molecule has 94 valence electrons. The van der Waals surface area contributed by atoms with Crippen LogP contribution < -0.4 is 0 Å². The fourth-order valence-corrected chi connectivity index (χ4v) is 1.65. The Kier molecular flexibility index (Phi) is 3.10. The Morgan fingerprint density at radius 1 is 0.750 bits per heavy atom. The summed E-state index contributed by atoms with van der Waals surface area (Å²) in [6, 6.07) is 6.62. The van der Waals surface area contributed by atoms with Gasteiger partial charge in [0, 0.05) is 0 Å². The van der Waals surface area contributed by atoms with E-state index in [0.717, 1.165) is 0 Å². The van der Waals surface area contributed by atoms with Crippen LogP contribution in [0.25, 0.3) is 12.2 Å². The number of hydrogen-bond donors (Lipinski definition) is 0. The van der Waals surface area contributed by atoms with Crippen molar-refractivity contribution in [3.05, 3.63) is 59.5 Å². The lowest BCUT2D eigenvalue weighted by Gasteiger charge is -1.92. The molecule has 4 bridgehead atoms. The minimum atomic E-state index is -0.295. The largest absolute Gasteiger partial charge is 0.453 e. The molecule has 0 fully saturated rings. The van der Waals surface area contributed by atoms with E-state index < -0.39 is 0 Å². The molecule has 3 heterocycles. The number of fused-ring (bicyclic) bond motifs is 4. The number of hydrogen-bond acceptors (Lipinski definition) is 3. The van der Waals surface area contributed by atoms with Crippen molar-refractivity contribution >= 4 is 17.9 Å². The Morgan fingerprint density at radius 2 is 1.25 bits per heavy atom. The van der Waals surface area contributed by atoms with Crippen LogP contribution in [0.4, 0.5) is 0 Å². The molecule has 0 radical (unpaired) electrons. The molecule has 0 saturated heterocycles. The zero-order chi connectivity index (χ0) is 13.8. The van der Waals surface area contributed by atoms with E-state index in [2.05, 4.69) is 23.7 Å². The third-order valence-electron chi connectivity index (χ3n) is 2.57. The summed E-state index contributed by atoms with van der Waals surface area (Å²) in [6.07, 6.45) is 6.59. The number of rotatable bonds is 0. The van der Waals surface area contributed by atoms with Gasteiger partial charge in [-0.2, -0.15) is 0 Å². The summed E-state index contributed by atoms with van der Waals surface area (Å²) in [4.78, 5) is 12.1. The highest BCUT2D eigenvalue weighted by molar-refractivity contribution is 6.05. The van der Waals surface area contributed by atoms with Crippen LogP contribution in [0.1, 0.15) is 27.8 Å². The van der Waals surface area contributed by atoms with Crippen LogP contribution in [0.15, 0.2) is 45.3 Å². The van der Waals surface area contributed by atoms with Gasteiger partial charge in [-0.15, -0.1) is 0 Å². The van der Waals surface area contributed by atoms with Crippen molar-refractivity contribution in [2.75, 3.05) is 0 Å². The number of carbonyl (C=O) groups excluding carboxylic acids is 1. The molecule has 0 unspecified atom stereocenters. The van der Waals surface area contributed by atoms with Gasteiger partial charge in [0.25, 0.3) is 5.78 Å². The lowest BCUT2D eigenvalue weighted by Crippen LogP contribution is -1.96. The van der Waals surface area contributed by atoms with Crippen LogP contribution in [0.2, 0.25) is 0 Å². The SMILES string of the molecule is O=C1c2ccc(o2)/C=C/C#CC#C/C=C/c2ccc1o2. The van der Waals surface area contributed by atoms with E-state index >= 15 is 0 Å². The fraction of sp³-hybridized carbons (Fsp3) is 0. The summed E-state index contributed by atoms with van der Waals surface area (Å²) in [5.74, 6) is 12.1. The number of allylic oxidation sites excluding steroid dienone is 2. The Morgan fingerprint density at radius 3 is 1.75 bits per heavy atom. The first kappa shape index (κ1) is 11.9. The Labute approximate surface area is 115 Å². The lowest BCUT2D eigenvalue weighted by atomic mass is 10.2. The summed E-state index contributed by atoms with van der Waals surface area (Å²) in [6.45, 7) is 0. The molecule has 3 heteroatoms. The van der Waals surface area contributed by atoms with Crippen molar-refractivity contribution in [3.8, 4) is 23.7 Å². The quantitative estimate of drug-likeness (QED) is 0.683. The molecule has 3 rings (SSSR count). The highest BCUT2D eigenvalue weighted by atomic mass is 16.4. The van der Waals surface area contributed by atoms with Gasteiger partial charge in [-0.3, -0.25) is 4.79 Å². The first-order valence-corrected chi connectivity index (χ1v) is 5.91. The molecule has 1 aliphatic rings. The van der Waals surface area contributed by atoms with Gasteiger partial charge in [0.05, 0.1) is 0 Å². The van der Waals surface area contributed by atoms with Crippen molar-refractivity contribution in [2.24, 2.45) is 0 Å². The van der Waals surface area contributed by atoms with Gasteiger partial charge >= 0.3 is 0 Å². The summed E-state index contributed by atoms with van der Waals surface area (Å²) in [5.41, 5.74) is 0. The van der Waals surface area contributed by atoms with E-state index in [1.807, 2.05) is 0 Å². The maximum absolute atomic E-state index is 12.1. The lowest BCUT2D eigenvalue weighted by molar-refractivity contribution is 0.0982. The monoisotopic (exact) mass is 260 g/mol. The molecule has 0 amide bonds. The summed E-state index contributed by atoms with van der Waals surface area (Å²) < 4.78 is 10.8. The Hall–Kier alpha value is -3.17. The van der Waals surface area contributed by atoms with Gasteiger partial charge in [0.1, 0.15) is 11.5 Å². The molecule has 0 aliphatic carbocycles. The predicted molar refractivity (Wildman–Crippen MR) is 74.5 cm³/mol. The number of carbonyl (C=O) groups is 1. The van der Waals surface area contributed by atoms with Gasteiger partial charge < -0.3 is 8.83 Å². The van der Waals surface area contributed by atoms with E-state index in [1.54, 1.807) is 48.6 Å². The van der Waals surface area contributed by atoms with Crippen LogP contribution >= 0.6 is 0 Å². The molecule has 0 aromatic carbocycles. The van der Waals surface area contributed by atoms with Gasteiger partial charge in [0.15, 0.2) is 11.5 Å². The third-order valence-corrected chi connectivity index (χ3v) is 2.57.